The zero-order valence-corrected chi connectivity index (χ0v) is 12.8. The topological polar surface area (TPSA) is 26.0 Å². The fraction of sp³-hybridized carbons (Fsp3) is 0.600. The van der Waals surface area contributed by atoms with Crippen LogP contribution in [-0.4, -0.2) is 0 Å². The lowest BCUT2D eigenvalue weighted by atomic mass is 9.89. The van der Waals surface area contributed by atoms with Crippen molar-refractivity contribution in [3.8, 4) is 0 Å². The molecule has 1 aromatic rings. The van der Waals surface area contributed by atoms with E-state index in [1.165, 1.54) is 19.3 Å². The summed E-state index contributed by atoms with van der Waals surface area (Å²) >= 11 is 3.16. The molecule has 1 nitrogen and oxygen atoms in total. The highest BCUT2D eigenvalue weighted by Gasteiger charge is 2.14. The van der Waals surface area contributed by atoms with Crippen LogP contribution in [0, 0.1) is 11.7 Å². The van der Waals surface area contributed by atoms with Crippen LogP contribution in [0.4, 0.5) is 4.39 Å². The molecule has 0 bridgehead atoms. The number of nitrogens with two attached hydrogens (primary N) is 1. The van der Waals surface area contributed by atoms with Crippen LogP contribution in [0.5, 0.6) is 0 Å². The summed E-state index contributed by atoms with van der Waals surface area (Å²) in [5, 5.41) is 0. The molecule has 0 aliphatic heterocycles. The molecule has 2 atom stereocenters. The highest BCUT2D eigenvalue weighted by Crippen LogP contribution is 2.27. The average Bonchev–Trinajstić information content (AvgIpc) is 2.37. The van der Waals surface area contributed by atoms with Crippen molar-refractivity contribution in [3.05, 3.63) is 34.1 Å². The van der Waals surface area contributed by atoms with E-state index in [-0.39, 0.29) is 11.9 Å². The van der Waals surface area contributed by atoms with Crippen LogP contribution in [0.25, 0.3) is 0 Å². The Balaban J connectivity index is 2.62. The van der Waals surface area contributed by atoms with Crippen LogP contribution in [0.3, 0.4) is 0 Å². The molecule has 0 radical (unpaired) electrons. The van der Waals surface area contributed by atoms with Crippen molar-refractivity contribution in [2.75, 3.05) is 0 Å². The second kappa shape index (κ2) is 7.90. The van der Waals surface area contributed by atoms with E-state index in [0.29, 0.717) is 10.4 Å². The number of hydrogen-bond donors (Lipinski definition) is 1. The number of rotatable bonds is 7. The maximum atomic E-state index is 13.5. The van der Waals surface area contributed by atoms with E-state index in [2.05, 4.69) is 29.8 Å². The van der Waals surface area contributed by atoms with E-state index in [9.17, 15) is 4.39 Å². The molecule has 18 heavy (non-hydrogen) atoms. The van der Waals surface area contributed by atoms with Gasteiger partial charge in [0, 0.05) is 6.04 Å². The first-order valence-corrected chi connectivity index (χ1v) is 7.58. The fourth-order valence-electron chi connectivity index (χ4n) is 2.22. The smallest absolute Gasteiger partial charge is 0.137 e. The van der Waals surface area contributed by atoms with Crippen molar-refractivity contribution in [3.63, 3.8) is 0 Å². The van der Waals surface area contributed by atoms with Gasteiger partial charge >= 0.3 is 0 Å². The molecule has 0 saturated heterocycles. The van der Waals surface area contributed by atoms with Crippen LogP contribution in [-0.2, 0) is 0 Å². The highest BCUT2D eigenvalue weighted by molar-refractivity contribution is 9.10. The van der Waals surface area contributed by atoms with E-state index < -0.39 is 0 Å². The summed E-state index contributed by atoms with van der Waals surface area (Å²) in [5.74, 6) is 0.413. The lowest BCUT2D eigenvalue weighted by Crippen LogP contribution is -2.15. The molecule has 0 heterocycles. The van der Waals surface area contributed by atoms with Crippen LogP contribution >= 0.6 is 15.9 Å². The lowest BCUT2D eigenvalue weighted by Gasteiger charge is -2.20. The van der Waals surface area contributed by atoms with Gasteiger partial charge in [0.15, 0.2) is 0 Å². The van der Waals surface area contributed by atoms with Crippen molar-refractivity contribution in [1.82, 2.24) is 0 Å². The third-order valence-corrected chi connectivity index (χ3v) is 4.15. The number of unbranched alkanes of at least 4 members (excludes halogenated alkanes) is 1. The Morgan fingerprint density at radius 3 is 2.61 bits per heavy atom. The maximum absolute atomic E-state index is 13.5. The van der Waals surface area contributed by atoms with Crippen molar-refractivity contribution in [1.29, 1.82) is 0 Å². The summed E-state index contributed by atoms with van der Waals surface area (Å²) < 4.78 is 14.0. The first-order valence-electron chi connectivity index (χ1n) is 6.79. The van der Waals surface area contributed by atoms with Crippen LogP contribution in [0.15, 0.2) is 22.7 Å². The van der Waals surface area contributed by atoms with E-state index in [0.717, 1.165) is 18.4 Å². The fourth-order valence-corrected chi connectivity index (χ4v) is 2.47. The summed E-state index contributed by atoms with van der Waals surface area (Å²) in [6.45, 7) is 4.41. The highest BCUT2D eigenvalue weighted by atomic mass is 79.9. The van der Waals surface area contributed by atoms with E-state index in [1.54, 1.807) is 12.1 Å². The Labute approximate surface area is 118 Å². The van der Waals surface area contributed by atoms with Gasteiger partial charge in [0.05, 0.1) is 4.47 Å². The zero-order valence-electron chi connectivity index (χ0n) is 11.3. The first kappa shape index (κ1) is 15.6. The molecule has 3 heteroatoms. The molecule has 0 amide bonds. The third kappa shape index (κ3) is 4.69. The Hall–Kier alpha value is -0.410. The van der Waals surface area contributed by atoms with Crippen LogP contribution < -0.4 is 5.73 Å². The Morgan fingerprint density at radius 2 is 2.06 bits per heavy atom. The number of hydrogen-bond acceptors (Lipinski definition) is 1. The standard InChI is InChI=1S/C15H23BrFN/c1-3-5-6-11(4-2)9-15(18)12-7-8-13(16)14(17)10-12/h7-8,10-11,15H,3-6,9,18H2,1-2H3. The van der Waals surface area contributed by atoms with Gasteiger partial charge in [-0.3, -0.25) is 0 Å². The molecule has 2 N–H and O–H groups in total. The molecule has 1 rings (SSSR count). The largest absolute Gasteiger partial charge is 0.324 e. The molecular formula is C15H23BrFN. The molecule has 0 aliphatic carbocycles. The molecule has 1 aromatic carbocycles. The van der Waals surface area contributed by atoms with Crippen LogP contribution in [0.1, 0.15) is 57.6 Å². The molecule has 0 spiro atoms. The van der Waals surface area contributed by atoms with Gasteiger partial charge < -0.3 is 5.73 Å². The second-order valence-electron chi connectivity index (χ2n) is 4.93. The molecule has 102 valence electrons. The molecule has 0 aromatic heterocycles. The summed E-state index contributed by atoms with van der Waals surface area (Å²) in [6.07, 6.45) is 5.78. The van der Waals surface area contributed by atoms with Gasteiger partial charge in [-0.2, -0.15) is 0 Å². The van der Waals surface area contributed by atoms with Gasteiger partial charge in [0.1, 0.15) is 5.82 Å². The minimum atomic E-state index is -0.232. The molecule has 0 aliphatic rings. The van der Waals surface area contributed by atoms with Crippen molar-refractivity contribution < 1.29 is 4.39 Å². The monoisotopic (exact) mass is 315 g/mol. The van der Waals surface area contributed by atoms with E-state index >= 15 is 0 Å². The summed E-state index contributed by atoms with van der Waals surface area (Å²) in [7, 11) is 0. The first-order chi connectivity index (χ1) is 8.58. The average molecular weight is 316 g/mol. The minimum Gasteiger partial charge on any atom is -0.324 e. The van der Waals surface area contributed by atoms with Crippen molar-refractivity contribution in [2.45, 2.75) is 52.0 Å². The number of halogens is 2. The third-order valence-electron chi connectivity index (χ3n) is 3.50. The van der Waals surface area contributed by atoms with Crippen molar-refractivity contribution >= 4 is 15.9 Å². The molecule has 0 fully saturated rings. The predicted molar refractivity (Wildman–Crippen MR) is 79.0 cm³/mol. The summed E-state index contributed by atoms with van der Waals surface area (Å²) in [4.78, 5) is 0. The predicted octanol–water partition coefficient (Wildman–Crippen LogP) is 5.19. The second-order valence-corrected chi connectivity index (χ2v) is 5.79. The SMILES string of the molecule is CCCCC(CC)CC(N)c1ccc(Br)c(F)c1. The minimum absolute atomic E-state index is 0.0607. The Morgan fingerprint density at radius 1 is 1.33 bits per heavy atom. The van der Waals surface area contributed by atoms with Gasteiger partial charge in [0.25, 0.3) is 0 Å². The molecular weight excluding hydrogens is 293 g/mol. The zero-order chi connectivity index (χ0) is 13.5. The molecule has 2 unspecified atom stereocenters. The van der Waals surface area contributed by atoms with Crippen molar-refractivity contribution in [2.24, 2.45) is 11.7 Å². The van der Waals surface area contributed by atoms with E-state index in [4.69, 9.17) is 5.73 Å². The number of benzene rings is 1. The normalized spacial score (nSPS) is 14.5. The van der Waals surface area contributed by atoms with Crippen LogP contribution in [0.2, 0.25) is 0 Å². The van der Waals surface area contributed by atoms with Gasteiger partial charge in [-0.05, 0) is 46.0 Å². The molecule has 0 saturated carbocycles. The summed E-state index contributed by atoms with van der Waals surface area (Å²) in [6, 6.07) is 5.12. The van der Waals surface area contributed by atoms with Gasteiger partial charge in [-0.1, -0.05) is 45.6 Å². The lowest BCUT2D eigenvalue weighted by molar-refractivity contribution is 0.388. The van der Waals surface area contributed by atoms with E-state index in [1.807, 2.05) is 6.07 Å². The van der Waals surface area contributed by atoms with Gasteiger partial charge in [-0.25, -0.2) is 4.39 Å². The Bertz CT molecular complexity index is 368. The van der Waals surface area contributed by atoms with Gasteiger partial charge in [-0.15, -0.1) is 0 Å². The quantitative estimate of drug-likeness (QED) is 0.735. The Kier molecular flexibility index (Phi) is 6.87. The maximum Gasteiger partial charge on any atom is 0.137 e. The van der Waals surface area contributed by atoms with Gasteiger partial charge in [0.2, 0.25) is 0 Å². The summed E-state index contributed by atoms with van der Waals surface area (Å²) in [5.41, 5.74) is 7.07.